The molecule has 2 nitrogen and oxygen atoms in total. The number of aliphatic imine (C=N–C) groups is 1. The molecule has 0 aromatic heterocycles. The average molecular weight is 173 g/mol. The molecule has 1 radical (unpaired) electrons. The highest BCUT2D eigenvalue weighted by atomic mass is 15.1. The van der Waals surface area contributed by atoms with Crippen LogP contribution in [0.15, 0.2) is 23.2 Å². The van der Waals surface area contributed by atoms with Crippen LogP contribution < -0.4 is 5.32 Å². The van der Waals surface area contributed by atoms with E-state index in [1.54, 1.807) is 0 Å². The van der Waals surface area contributed by atoms with Gasteiger partial charge in [-0.15, -0.1) is 0 Å². The molecule has 67 valence electrons. The van der Waals surface area contributed by atoms with E-state index in [0.717, 1.165) is 30.1 Å². The summed E-state index contributed by atoms with van der Waals surface area (Å²) < 4.78 is 0. The smallest absolute Gasteiger partial charge is 0.129 e. The number of aryl methyl sites for hydroxylation is 1. The predicted molar refractivity (Wildman–Crippen MR) is 55.0 cm³/mol. The number of hydrogen-bond acceptors (Lipinski definition) is 1. The second-order valence-electron chi connectivity index (χ2n) is 3.13. The molecule has 1 aromatic carbocycles. The summed E-state index contributed by atoms with van der Waals surface area (Å²) in [6.07, 6.45) is 1.94. The first-order valence-electron chi connectivity index (χ1n) is 4.76. The molecule has 0 saturated carbocycles. The molecule has 0 saturated heterocycles. The average Bonchev–Trinajstić information content (AvgIpc) is 2.59. The molecule has 2 rings (SSSR count). The van der Waals surface area contributed by atoms with E-state index >= 15 is 0 Å². The summed E-state index contributed by atoms with van der Waals surface area (Å²) in [6, 6.07) is 6.20. The van der Waals surface area contributed by atoms with Gasteiger partial charge in [-0.3, -0.25) is 0 Å². The van der Waals surface area contributed by atoms with Crippen molar-refractivity contribution in [3.05, 3.63) is 23.8 Å². The van der Waals surface area contributed by atoms with Gasteiger partial charge in [0.2, 0.25) is 0 Å². The summed E-state index contributed by atoms with van der Waals surface area (Å²) >= 11 is 0. The third-order valence-corrected chi connectivity index (χ3v) is 2.29. The molecule has 0 spiro atoms. The van der Waals surface area contributed by atoms with E-state index in [1.807, 2.05) is 6.07 Å². The van der Waals surface area contributed by atoms with Crippen molar-refractivity contribution in [2.45, 2.75) is 26.7 Å². The summed E-state index contributed by atoms with van der Waals surface area (Å²) in [5.74, 6) is 0.955. The highest BCUT2D eigenvalue weighted by Crippen LogP contribution is 2.34. The second-order valence-corrected chi connectivity index (χ2v) is 3.13. The summed E-state index contributed by atoms with van der Waals surface area (Å²) in [5, 5.41) is 4.43. The van der Waals surface area contributed by atoms with Crippen molar-refractivity contribution in [1.82, 2.24) is 5.32 Å². The zero-order valence-corrected chi connectivity index (χ0v) is 8.04. The zero-order valence-electron chi connectivity index (χ0n) is 8.04. The predicted octanol–water partition coefficient (Wildman–Crippen LogP) is 2.94. The van der Waals surface area contributed by atoms with E-state index in [1.165, 1.54) is 5.56 Å². The van der Waals surface area contributed by atoms with Crippen LogP contribution in [0.3, 0.4) is 0 Å². The summed E-state index contributed by atoms with van der Waals surface area (Å²) in [7, 11) is 0. The van der Waals surface area contributed by atoms with Gasteiger partial charge < -0.3 is 0 Å². The van der Waals surface area contributed by atoms with E-state index < -0.39 is 0 Å². The molecule has 1 aromatic rings. The fourth-order valence-corrected chi connectivity index (χ4v) is 1.53. The largest absolute Gasteiger partial charge is 0.231 e. The molecule has 0 unspecified atom stereocenters. The highest BCUT2D eigenvalue weighted by Gasteiger charge is 2.15. The first-order valence-corrected chi connectivity index (χ1v) is 4.76. The van der Waals surface area contributed by atoms with Gasteiger partial charge in [0.05, 0.1) is 11.4 Å². The lowest BCUT2D eigenvalue weighted by atomic mass is 10.1. The van der Waals surface area contributed by atoms with Crippen molar-refractivity contribution in [2.24, 2.45) is 4.99 Å². The van der Waals surface area contributed by atoms with Crippen LogP contribution in [0.5, 0.6) is 0 Å². The van der Waals surface area contributed by atoms with E-state index in [9.17, 15) is 0 Å². The van der Waals surface area contributed by atoms with Crippen molar-refractivity contribution >= 4 is 17.2 Å². The maximum atomic E-state index is 4.49. The Morgan fingerprint density at radius 2 is 2.00 bits per heavy atom. The molecule has 13 heavy (non-hydrogen) atoms. The minimum Gasteiger partial charge on any atom is -0.231 e. The molecule has 2 heteroatoms. The molecule has 1 aliphatic rings. The SMILES string of the molecule is CCC1=Nc2c(CC)cccc2[N]1. The van der Waals surface area contributed by atoms with Gasteiger partial charge in [0, 0.05) is 6.42 Å². The Hall–Kier alpha value is -1.31. The second kappa shape index (κ2) is 3.21. The third kappa shape index (κ3) is 1.32. The van der Waals surface area contributed by atoms with Gasteiger partial charge in [0.25, 0.3) is 0 Å². The van der Waals surface area contributed by atoms with Gasteiger partial charge in [-0.05, 0) is 18.1 Å². The molecule has 0 atom stereocenters. The van der Waals surface area contributed by atoms with Gasteiger partial charge in [-0.2, -0.15) is 0 Å². The van der Waals surface area contributed by atoms with Gasteiger partial charge >= 0.3 is 0 Å². The lowest BCUT2D eigenvalue weighted by Gasteiger charge is -2.00. The molecule has 0 N–H and O–H groups in total. The Morgan fingerprint density at radius 3 is 2.69 bits per heavy atom. The number of rotatable bonds is 2. The standard InChI is InChI=1S/C11H13N2/c1-3-8-6-5-7-9-11(8)13-10(4-2)12-9/h5-7H,3-4H2,1-2H3. The van der Waals surface area contributed by atoms with Crippen molar-refractivity contribution < 1.29 is 0 Å². The Morgan fingerprint density at radius 1 is 1.15 bits per heavy atom. The first kappa shape index (κ1) is 8.30. The van der Waals surface area contributed by atoms with Crippen LogP contribution >= 0.6 is 0 Å². The quantitative estimate of drug-likeness (QED) is 0.657. The molecule has 0 bridgehead atoms. The summed E-state index contributed by atoms with van der Waals surface area (Å²) in [5.41, 5.74) is 3.42. The molecule has 0 aliphatic carbocycles. The van der Waals surface area contributed by atoms with E-state index in [2.05, 4.69) is 36.3 Å². The highest BCUT2D eigenvalue weighted by molar-refractivity contribution is 5.96. The fourth-order valence-electron chi connectivity index (χ4n) is 1.53. The van der Waals surface area contributed by atoms with Crippen LogP contribution in [0.1, 0.15) is 25.8 Å². The molecule has 1 heterocycles. The van der Waals surface area contributed by atoms with Gasteiger partial charge in [-0.25, -0.2) is 10.3 Å². The van der Waals surface area contributed by atoms with Crippen LogP contribution in [0.2, 0.25) is 0 Å². The maximum absolute atomic E-state index is 4.49. The monoisotopic (exact) mass is 173 g/mol. The van der Waals surface area contributed by atoms with Crippen molar-refractivity contribution in [2.75, 3.05) is 0 Å². The minimum atomic E-state index is 0.915. The molecule has 0 fully saturated rings. The van der Waals surface area contributed by atoms with E-state index in [-0.39, 0.29) is 0 Å². The van der Waals surface area contributed by atoms with Crippen molar-refractivity contribution in [3.63, 3.8) is 0 Å². The Balaban J connectivity index is 2.45. The molecule has 1 aliphatic heterocycles. The van der Waals surface area contributed by atoms with Gasteiger partial charge in [-0.1, -0.05) is 26.0 Å². The van der Waals surface area contributed by atoms with Crippen LogP contribution in [-0.2, 0) is 6.42 Å². The Kier molecular flexibility index (Phi) is 2.05. The first-order chi connectivity index (χ1) is 6.35. The van der Waals surface area contributed by atoms with Crippen molar-refractivity contribution in [1.29, 1.82) is 0 Å². The van der Waals surface area contributed by atoms with Gasteiger partial charge in [0.15, 0.2) is 0 Å². The third-order valence-electron chi connectivity index (χ3n) is 2.29. The van der Waals surface area contributed by atoms with Gasteiger partial charge in [0.1, 0.15) is 5.84 Å². The summed E-state index contributed by atoms with van der Waals surface area (Å²) in [6.45, 7) is 4.23. The lowest BCUT2D eigenvalue weighted by Crippen LogP contribution is -2.02. The number of para-hydroxylation sites is 1. The van der Waals surface area contributed by atoms with Crippen molar-refractivity contribution in [3.8, 4) is 0 Å². The minimum absolute atomic E-state index is 0.915. The molecule has 0 amide bonds. The maximum Gasteiger partial charge on any atom is 0.129 e. The molecular weight excluding hydrogens is 160 g/mol. The number of nitrogens with zero attached hydrogens (tertiary/aromatic N) is 2. The van der Waals surface area contributed by atoms with Crippen LogP contribution in [0.25, 0.3) is 0 Å². The van der Waals surface area contributed by atoms with Crippen LogP contribution in [-0.4, -0.2) is 5.84 Å². The number of hydrogen-bond donors (Lipinski definition) is 0. The van der Waals surface area contributed by atoms with Crippen LogP contribution in [0.4, 0.5) is 11.4 Å². The normalized spacial score (nSPS) is 13.5. The number of fused-ring (bicyclic) bond motifs is 1. The summed E-state index contributed by atoms with van der Waals surface area (Å²) in [4.78, 5) is 4.49. The van der Waals surface area contributed by atoms with E-state index in [4.69, 9.17) is 0 Å². The number of amidine groups is 1. The number of benzene rings is 1. The molecular formula is C11H13N2. The Bertz CT molecular complexity index is 353. The fraction of sp³-hybridized carbons (Fsp3) is 0.364. The van der Waals surface area contributed by atoms with E-state index in [0.29, 0.717) is 0 Å². The topological polar surface area (TPSA) is 26.5 Å². The van der Waals surface area contributed by atoms with Crippen LogP contribution in [0, 0.1) is 0 Å². The lowest BCUT2D eigenvalue weighted by molar-refractivity contribution is 1.13. The zero-order chi connectivity index (χ0) is 9.26. The Labute approximate surface area is 78.7 Å².